The van der Waals surface area contributed by atoms with Gasteiger partial charge in [-0.05, 0) is 24.1 Å². The second-order valence-electron chi connectivity index (χ2n) is 4.73. The van der Waals surface area contributed by atoms with E-state index >= 15 is 0 Å². The Kier molecular flexibility index (Phi) is 5.60. The van der Waals surface area contributed by atoms with Crippen LogP contribution in [-0.4, -0.2) is 49.7 Å². The zero-order chi connectivity index (χ0) is 13.7. The summed E-state index contributed by atoms with van der Waals surface area (Å²) in [6.45, 7) is 2.12. The van der Waals surface area contributed by atoms with Crippen LogP contribution in [0.15, 0.2) is 24.3 Å². The summed E-state index contributed by atoms with van der Waals surface area (Å²) in [5.74, 6) is 0. The van der Waals surface area contributed by atoms with E-state index in [1.807, 2.05) is 24.3 Å². The normalized spacial score (nSPS) is 21.7. The Morgan fingerprint density at radius 2 is 2.37 bits per heavy atom. The molecule has 5 heteroatoms. The van der Waals surface area contributed by atoms with Gasteiger partial charge >= 0.3 is 0 Å². The van der Waals surface area contributed by atoms with Crippen molar-refractivity contribution < 1.29 is 14.6 Å². The van der Waals surface area contributed by atoms with Gasteiger partial charge in [-0.1, -0.05) is 23.7 Å². The van der Waals surface area contributed by atoms with Crippen LogP contribution in [0.4, 0.5) is 0 Å². The fraction of sp³-hybridized carbons (Fsp3) is 0.571. The zero-order valence-corrected chi connectivity index (χ0v) is 11.8. The monoisotopic (exact) mass is 285 g/mol. The fourth-order valence-electron chi connectivity index (χ4n) is 2.48. The molecule has 0 radical (unpaired) electrons. The minimum atomic E-state index is -0.0187. The van der Waals surface area contributed by atoms with Gasteiger partial charge < -0.3 is 14.6 Å². The van der Waals surface area contributed by atoms with Gasteiger partial charge in [-0.25, -0.2) is 0 Å². The van der Waals surface area contributed by atoms with E-state index in [1.54, 1.807) is 7.11 Å². The molecule has 1 saturated heterocycles. The molecule has 0 bridgehead atoms. The Morgan fingerprint density at radius 1 is 1.53 bits per heavy atom. The van der Waals surface area contributed by atoms with Crippen molar-refractivity contribution in [2.24, 2.45) is 0 Å². The van der Waals surface area contributed by atoms with Crippen LogP contribution in [0.1, 0.15) is 18.0 Å². The summed E-state index contributed by atoms with van der Waals surface area (Å²) in [5.41, 5.74) is 1.04. The number of hydrogen-bond donors (Lipinski definition) is 1. The second-order valence-corrected chi connectivity index (χ2v) is 5.17. The van der Waals surface area contributed by atoms with Crippen LogP contribution >= 0.6 is 11.6 Å². The van der Waals surface area contributed by atoms with Crippen molar-refractivity contribution in [2.75, 3.05) is 33.6 Å². The summed E-state index contributed by atoms with van der Waals surface area (Å²) >= 11 is 6.01. The first-order valence-corrected chi connectivity index (χ1v) is 6.83. The largest absolute Gasteiger partial charge is 0.394 e. The first-order valence-electron chi connectivity index (χ1n) is 6.45. The van der Waals surface area contributed by atoms with Gasteiger partial charge in [0.15, 0.2) is 0 Å². The third-order valence-electron chi connectivity index (χ3n) is 3.45. The van der Waals surface area contributed by atoms with Crippen molar-refractivity contribution in [3.05, 3.63) is 34.9 Å². The topological polar surface area (TPSA) is 41.9 Å². The summed E-state index contributed by atoms with van der Waals surface area (Å²) in [4.78, 5) is 2.23. The van der Waals surface area contributed by atoms with E-state index in [4.69, 9.17) is 21.1 Å². The van der Waals surface area contributed by atoms with Crippen molar-refractivity contribution >= 4 is 11.6 Å². The van der Waals surface area contributed by atoms with E-state index in [0.717, 1.165) is 25.1 Å². The molecule has 0 saturated carbocycles. The Labute approximate surface area is 118 Å². The number of likely N-dealkylation sites (tertiary alicyclic amines) is 1. The molecule has 2 unspecified atom stereocenters. The highest BCUT2D eigenvalue weighted by atomic mass is 35.5. The first kappa shape index (κ1) is 14.8. The van der Waals surface area contributed by atoms with Gasteiger partial charge in [0.05, 0.1) is 18.8 Å². The Hall–Kier alpha value is -0.650. The maximum absolute atomic E-state index is 9.64. The van der Waals surface area contributed by atoms with Crippen molar-refractivity contribution in [3.63, 3.8) is 0 Å². The predicted octanol–water partition coefficient (Wildman–Crippen LogP) is 2.07. The quantitative estimate of drug-likeness (QED) is 0.813. The Morgan fingerprint density at radius 3 is 3.05 bits per heavy atom. The van der Waals surface area contributed by atoms with Crippen molar-refractivity contribution in [1.82, 2.24) is 4.90 Å². The predicted molar refractivity (Wildman–Crippen MR) is 74.2 cm³/mol. The van der Waals surface area contributed by atoms with Crippen LogP contribution in [-0.2, 0) is 9.47 Å². The lowest BCUT2D eigenvalue weighted by atomic mass is 10.1. The highest BCUT2D eigenvalue weighted by Gasteiger charge is 2.29. The Balaban J connectivity index is 1.99. The summed E-state index contributed by atoms with van der Waals surface area (Å²) in [6.07, 6.45) is 1.13. The molecule has 2 atom stereocenters. The van der Waals surface area contributed by atoms with Crippen LogP contribution in [0.25, 0.3) is 0 Å². The molecule has 0 spiro atoms. The molecule has 0 amide bonds. The SMILES string of the molecule is COCOC1CCN(C(CO)c2cccc(Cl)c2)C1. The van der Waals surface area contributed by atoms with E-state index in [0.29, 0.717) is 11.8 Å². The number of methoxy groups -OCH3 is 1. The van der Waals surface area contributed by atoms with Gasteiger partial charge in [-0.2, -0.15) is 0 Å². The average molecular weight is 286 g/mol. The lowest BCUT2D eigenvalue weighted by Gasteiger charge is -2.26. The number of nitrogens with zero attached hydrogens (tertiary/aromatic N) is 1. The molecule has 0 aromatic heterocycles. The molecule has 1 N–H and O–H groups in total. The summed E-state index contributed by atoms with van der Waals surface area (Å²) < 4.78 is 10.5. The molecule has 106 valence electrons. The number of benzene rings is 1. The minimum absolute atomic E-state index is 0.0187. The molecule has 19 heavy (non-hydrogen) atoms. The highest BCUT2D eigenvalue weighted by molar-refractivity contribution is 6.30. The number of hydrogen-bond acceptors (Lipinski definition) is 4. The lowest BCUT2D eigenvalue weighted by Crippen LogP contribution is -2.30. The standard InChI is InChI=1S/C14H20ClNO3/c1-18-10-19-13-5-6-16(8-13)14(9-17)11-3-2-4-12(15)7-11/h2-4,7,13-14,17H,5-6,8-10H2,1H3. The van der Waals surface area contributed by atoms with Crippen LogP contribution in [0.5, 0.6) is 0 Å². The van der Waals surface area contributed by atoms with Crippen LogP contribution in [0.2, 0.25) is 5.02 Å². The third kappa shape index (κ3) is 3.91. The Bertz CT molecular complexity index is 402. The molecular formula is C14H20ClNO3. The maximum atomic E-state index is 9.64. The molecule has 2 rings (SSSR count). The number of ether oxygens (including phenoxy) is 2. The molecule has 4 nitrogen and oxygen atoms in total. The molecule has 1 aliphatic rings. The third-order valence-corrected chi connectivity index (χ3v) is 3.68. The molecule has 1 aliphatic heterocycles. The second kappa shape index (κ2) is 7.22. The van der Waals surface area contributed by atoms with Gasteiger partial charge in [0.25, 0.3) is 0 Å². The molecule has 1 fully saturated rings. The smallest absolute Gasteiger partial charge is 0.146 e. The molecule has 1 aromatic rings. The number of rotatable bonds is 6. The van der Waals surface area contributed by atoms with Gasteiger partial charge in [0.1, 0.15) is 6.79 Å². The maximum Gasteiger partial charge on any atom is 0.146 e. The van der Waals surface area contributed by atoms with Gasteiger partial charge in [0, 0.05) is 25.2 Å². The van der Waals surface area contributed by atoms with Gasteiger partial charge in [0.2, 0.25) is 0 Å². The van der Waals surface area contributed by atoms with E-state index in [-0.39, 0.29) is 18.8 Å². The minimum Gasteiger partial charge on any atom is -0.394 e. The van der Waals surface area contributed by atoms with E-state index in [9.17, 15) is 5.11 Å². The zero-order valence-electron chi connectivity index (χ0n) is 11.1. The first-order chi connectivity index (χ1) is 9.24. The van der Waals surface area contributed by atoms with Crippen molar-refractivity contribution in [3.8, 4) is 0 Å². The molecular weight excluding hydrogens is 266 g/mol. The fourth-order valence-corrected chi connectivity index (χ4v) is 2.68. The summed E-state index contributed by atoms with van der Waals surface area (Å²) in [7, 11) is 1.62. The molecule has 0 aliphatic carbocycles. The van der Waals surface area contributed by atoms with Gasteiger partial charge in [-0.15, -0.1) is 0 Å². The summed E-state index contributed by atoms with van der Waals surface area (Å²) in [5, 5.41) is 10.3. The van der Waals surface area contributed by atoms with Crippen molar-refractivity contribution in [2.45, 2.75) is 18.6 Å². The van der Waals surface area contributed by atoms with Crippen LogP contribution in [0.3, 0.4) is 0 Å². The highest BCUT2D eigenvalue weighted by Crippen LogP contribution is 2.27. The van der Waals surface area contributed by atoms with Crippen LogP contribution in [0, 0.1) is 0 Å². The number of aliphatic hydroxyl groups is 1. The van der Waals surface area contributed by atoms with E-state index in [2.05, 4.69) is 4.90 Å². The molecule has 1 aromatic carbocycles. The average Bonchev–Trinajstić information content (AvgIpc) is 2.86. The van der Waals surface area contributed by atoms with Crippen LogP contribution < -0.4 is 0 Å². The summed E-state index contributed by atoms with van der Waals surface area (Å²) in [6, 6.07) is 7.64. The van der Waals surface area contributed by atoms with Gasteiger partial charge in [-0.3, -0.25) is 4.90 Å². The van der Waals surface area contributed by atoms with Crippen molar-refractivity contribution in [1.29, 1.82) is 0 Å². The number of halogens is 1. The molecule has 1 heterocycles. The number of aliphatic hydroxyl groups excluding tert-OH is 1. The van der Waals surface area contributed by atoms with E-state index < -0.39 is 0 Å². The van der Waals surface area contributed by atoms with E-state index in [1.165, 1.54) is 0 Å². The lowest BCUT2D eigenvalue weighted by molar-refractivity contribution is -0.0684.